The van der Waals surface area contributed by atoms with Gasteiger partial charge in [0, 0.05) is 31.9 Å². The Balaban J connectivity index is 1.82. The van der Waals surface area contributed by atoms with Gasteiger partial charge in [0.2, 0.25) is 0 Å². The summed E-state index contributed by atoms with van der Waals surface area (Å²) in [4.78, 5) is 17.7. The van der Waals surface area contributed by atoms with Gasteiger partial charge < -0.3 is 19.3 Å². The highest BCUT2D eigenvalue weighted by Gasteiger charge is 2.33. The van der Waals surface area contributed by atoms with E-state index >= 15 is 0 Å². The number of carbonyl (C=O) groups is 1. The lowest BCUT2D eigenvalue weighted by Crippen LogP contribution is -2.40. The fourth-order valence-electron chi connectivity index (χ4n) is 4.24. The number of nitrogens with zero attached hydrogens (tertiary/aromatic N) is 2. The van der Waals surface area contributed by atoms with Gasteiger partial charge >= 0.3 is 0 Å². The Morgan fingerprint density at radius 3 is 2.32 bits per heavy atom. The van der Waals surface area contributed by atoms with Crippen LogP contribution in [-0.4, -0.2) is 45.7 Å². The van der Waals surface area contributed by atoms with Crippen molar-refractivity contribution in [1.82, 2.24) is 4.90 Å². The Kier molecular flexibility index (Phi) is 5.85. The predicted molar refractivity (Wildman–Crippen MR) is 123 cm³/mol. The third-order valence-electron chi connectivity index (χ3n) is 5.86. The molecule has 0 aromatic heterocycles. The van der Waals surface area contributed by atoms with Gasteiger partial charge in [-0.05, 0) is 53.4 Å². The molecule has 1 unspecified atom stereocenters. The molecule has 1 atom stereocenters. The van der Waals surface area contributed by atoms with Gasteiger partial charge in [-0.15, -0.1) is 0 Å². The van der Waals surface area contributed by atoms with Crippen molar-refractivity contribution in [3.05, 3.63) is 89.0 Å². The van der Waals surface area contributed by atoms with Crippen LogP contribution in [0, 0.1) is 0 Å². The van der Waals surface area contributed by atoms with E-state index in [1.165, 1.54) is 5.56 Å². The normalized spacial score (nSPS) is 15.2. The third kappa shape index (κ3) is 3.96. The molecule has 0 bridgehead atoms. The molecule has 0 spiro atoms. The first-order valence-corrected chi connectivity index (χ1v) is 10.4. The van der Waals surface area contributed by atoms with E-state index in [1.807, 2.05) is 78.5 Å². The molecule has 31 heavy (non-hydrogen) atoms. The zero-order chi connectivity index (χ0) is 22.0. The number of amides is 1. The van der Waals surface area contributed by atoms with E-state index in [2.05, 4.69) is 12.1 Å². The van der Waals surface area contributed by atoms with Crippen LogP contribution in [0.4, 0.5) is 5.69 Å². The summed E-state index contributed by atoms with van der Waals surface area (Å²) < 4.78 is 11.1. The molecule has 0 N–H and O–H groups in total. The van der Waals surface area contributed by atoms with Crippen LogP contribution < -0.4 is 14.4 Å². The lowest BCUT2D eigenvalue weighted by molar-refractivity contribution is 0.0694. The highest BCUT2D eigenvalue weighted by Crippen LogP contribution is 2.41. The molecule has 0 fully saturated rings. The van der Waals surface area contributed by atoms with Gasteiger partial charge in [-0.3, -0.25) is 4.79 Å². The van der Waals surface area contributed by atoms with Crippen LogP contribution in [0.15, 0.2) is 66.7 Å². The SMILES string of the molecule is COc1cc2c(cc1OC)C(c1ccccc1)N(C(=O)c1cccc(N(C)C)c1)CC2. The van der Waals surface area contributed by atoms with Crippen LogP contribution >= 0.6 is 0 Å². The fraction of sp³-hybridized carbons (Fsp3) is 0.269. The minimum absolute atomic E-state index is 0.0259. The molecular formula is C26H28N2O3. The molecule has 3 aromatic rings. The number of benzene rings is 3. The van der Waals surface area contributed by atoms with E-state index in [-0.39, 0.29) is 11.9 Å². The van der Waals surface area contributed by atoms with E-state index < -0.39 is 0 Å². The molecule has 0 aliphatic carbocycles. The summed E-state index contributed by atoms with van der Waals surface area (Å²) in [5, 5.41) is 0. The average Bonchev–Trinajstić information content (AvgIpc) is 2.82. The highest BCUT2D eigenvalue weighted by atomic mass is 16.5. The van der Waals surface area contributed by atoms with Crippen molar-refractivity contribution < 1.29 is 14.3 Å². The van der Waals surface area contributed by atoms with Crippen molar-refractivity contribution in [2.24, 2.45) is 0 Å². The van der Waals surface area contributed by atoms with Crippen molar-refractivity contribution in [2.75, 3.05) is 39.8 Å². The van der Waals surface area contributed by atoms with E-state index in [4.69, 9.17) is 9.47 Å². The summed E-state index contributed by atoms with van der Waals surface area (Å²) in [6.07, 6.45) is 0.762. The van der Waals surface area contributed by atoms with Gasteiger partial charge in [-0.1, -0.05) is 36.4 Å². The number of rotatable bonds is 5. The zero-order valence-electron chi connectivity index (χ0n) is 18.5. The zero-order valence-corrected chi connectivity index (χ0v) is 18.5. The third-order valence-corrected chi connectivity index (χ3v) is 5.86. The number of anilines is 1. The van der Waals surface area contributed by atoms with E-state index in [1.54, 1.807) is 14.2 Å². The molecule has 160 valence electrons. The summed E-state index contributed by atoms with van der Waals surface area (Å²) in [5.41, 5.74) is 5.03. The second kappa shape index (κ2) is 8.72. The van der Waals surface area contributed by atoms with Crippen molar-refractivity contribution in [2.45, 2.75) is 12.5 Å². The maximum atomic E-state index is 13.7. The molecule has 0 saturated carbocycles. The van der Waals surface area contributed by atoms with Gasteiger partial charge in [0.1, 0.15) is 0 Å². The molecule has 1 aliphatic heterocycles. The van der Waals surface area contributed by atoms with Gasteiger partial charge in [0.05, 0.1) is 20.3 Å². The standard InChI is InChI=1S/C26H28N2O3/c1-27(2)21-12-8-11-20(15-21)26(29)28-14-13-19-16-23(30-3)24(31-4)17-22(19)25(28)18-9-6-5-7-10-18/h5-12,15-17,25H,13-14H2,1-4H3. The maximum Gasteiger partial charge on any atom is 0.254 e. The van der Waals surface area contributed by atoms with E-state index in [0.717, 1.165) is 23.2 Å². The minimum Gasteiger partial charge on any atom is -0.493 e. The number of fused-ring (bicyclic) bond motifs is 1. The number of ether oxygens (including phenoxy) is 2. The van der Waals surface area contributed by atoms with Gasteiger partial charge in [-0.25, -0.2) is 0 Å². The van der Waals surface area contributed by atoms with Crippen LogP contribution in [0.25, 0.3) is 0 Å². The summed E-state index contributed by atoms with van der Waals surface area (Å²) in [6, 6.07) is 21.8. The van der Waals surface area contributed by atoms with Gasteiger partial charge in [0.25, 0.3) is 5.91 Å². The first kappa shape index (κ1) is 20.8. The first-order chi connectivity index (χ1) is 15.0. The number of methoxy groups -OCH3 is 2. The minimum atomic E-state index is -0.194. The number of hydrogen-bond donors (Lipinski definition) is 0. The summed E-state index contributed by atoms with van der Waals surface area (Å²) in [7, 11) is 7.25. The second-order valence-electron chi connectivity index (χ2n) is 7.91. The Morgan fingerprint density at radius 1 is 0.935 bits per heavy atom. The number of hydrogen-bond acceptors (Lipinski definition) is 4. The Hall–Kier alpha value is -3.47. The van der Waals surface area contributed by atoms with Crippen molar-refractivity contribution in [1.29, 1.82) is 0 Å². The Morgan fingerprint density at radius 2 is 1.65 bits per heavy atom. The lowest BCUT2D eigenvalue weighted by atomic mass is 9.87. The predicted octanol–water partition coefficient (Wildman–Crippen LogP) is 4.56. The monoisotopic (exact) mass is 416 g/mol. The second-order valence-corrected chi connectivity index (χ2v) is 7.91. The molecular weight excluding hydrogens is 388 g/mol. The summed E-state index contributed by atoms with van der Waals surface area (Å²) >= 11 is 0. The molecule has 3 aromatic carbocycles. The molecule has 1 aliphatic rings. The van der Waals surface area contributed by atoms with Gasteiger partial charge in [-0.2, -0.15) is 0 Å². The van der Waals surface area contributed by atoms with Crippen LogP contribution in [0.3, 0.4) is 0 Å². The first-order valence-electron chi connectivity index (χ1n) is 10.4. The number of carbonyl (C=O) groups excluding carboxylic acids is 1. The molecule has 0 saturated heterocycles. The quantitative estimate of drug-likeness (QED) is 0.612. The largest absolute Gasteiger partial charge is 0.493 e. The lowest BCUT2D eigenvalue weighted by Gasteiger charge is -2.38. The van der Waals surface area contributed by atoms with E-state index in [0.29, 0.717) is 23.6 Å². The molecule has 0 radical (unpaired) electrons. The highest BCUT2D eigenvalue weighted by molar-refractivity contribution is 5.96. The van der Waals surface area contributed by atoms with Crippen LogP contribution in [-0.2, 0) is 6.42 Å². The summed E-state index contributed by atoms with van der Waals surface area (Å²) in [5.74, 6) is 1.41. The maximum absolute atomic E-state index is 13.7. The Bertz CT molecular complexity index is 1080. The smallest absolute Gasteiger partial charge is 0.254 e. The summed E-state index contributed by atoms with van der Waals surface area (Å²) in [6.45, 7) is 0.632. The molecule has 5 nitrogen and oxygen atoms in total. The Labute approximate surface area is 183 Å². The van der Waals surface area contributed by atoms with Crippen LogP contribution in [0.2, 0.25) is 0 Å². The van der Waals surface area contributed by atoms with Gasteiger partial charge in [0.15, 0.2) is 11.5 Å². The van der Waals surface area contributed by atoms with Crippen LogP contribution in [0.1, 0.15) is 33.1 Å². The van der Waals surface area contributed by atoms with Crippen molar-refractivity contribution in [3.63, 3.8) is 0 Å². The average molecular weight is 417 g/mol. The molecule has 1 amide bonds. The van der Waals surface area contributed by atoms with Crippen molar-refractivity contribution in [3.8, 4) is 11.5 Å². The van der Waals surface area contributed by atoms with E-state index in [9.17, 15) is 4.79 Å². The fourth-order valence-corrected chi connectivity index (χ4v) is 4.24. The van der Waals surface area contributed by atoms with Crippen molar-refractivity contribution >= 4 is 11.6 Å². The molecule has 1 heterocycles. The molecule has 4 rings (SSSR count). The topological polar surface area (TPSA) is 42.0 Å². The molecule has 5 heteroatoms. The van der Waals surface area contributed by atoms with Crippen LogP contribution in [0.5, 0.6) is 11.5 Å².